The summed E-state index contributed by atoms with van der Waals surface area (Å²) >= 11 is 0. The average molecular weight is 265 g/mol. The molecule has 0 bridgehead atoms. The van der Waals surface area contributed by atoms with Crippen LogP contribution in [0.15, 0.2) is 0 Å². The SMILES string of the molecule is CCc1nc(NC)c(C)c(NCCN(C)C(C)C)n1. The Kier molecular flexibility index (Phi) is 6.02. The summed E-state index contributed by atoms with van der Waals surface area (Å²) in [6.45, 7) is 10.4. The fraction of sp³-hybridized carbons (Fsp3) is 0.714. The van der Waals surface area contributed by atoms with E-state index >= 15 is 0 Å². The number of anilines is 2. The van der Waals surface area contributed by atoms with Gasteiger partial charge in [0.2, 0.25) is 0 Å². The predicted molar refractivity (Wildman–Crippen MR) is 81.9 cm³/mol. The molecular formula is C14H27N5. The summed E-state index contributed by atoms with van der Waals surface area (Å²) in [6, 6.07) is 0.562. The third-order valence-corrected chi connectivity index (χ3v) is 3.38. The second-order valence-corrected chi connectivity index (χ2v) is 5.07. The van der Waals surface area contributed by atoms with E-state index in [1.165, 1.54) is 0 Å². The fourth-order valence-electron chi connectivity index (χ4n) is 1.75. The number of aryl methyl sites for hydroxylation is 1. The molecule has 0 saturated carbocycles. The van der Waals surface area contributed by atoms with Crippen molar-refractivity contribution >= 4 is 11.6 Å². The molecule has 0 aliphatic carbocycles. The van der Waals surface area contributed by atoms with Crippen LogP contribution < -0.4 is 10.6 Å². The molecule has 1 aromatic rings. The van der Waals surface area contributed by atoms with E-state index in [1.807, 2.05) is 14.0 Å². The molecule has 0 radical (unpaired) electrons. The highest BCUT2D eigenvalue weighted by Gasteiger charge is 2.09. The molecule has 0 spiro atoms. The molecule has 2 N–H and O–H groups in total. The normalized spacial score (nSPS) is 11.2. The first-order valence-electron chi connectivity index (χ1n) is 6.98. The lowest BCUT2D eigenvalue weighted by atomic mass is 10.3. The Bertz CT molecular complexity index is 403. The maximum absolute atomic E-state index is 4.56. The van der Waals surface area contributed by atoms with Gasteiger partial charge in [0.1, 0.15) is 17.5 Å². The Morgan fingerprint density at radius 1 is 1.21 bits per heavy atom. The third kappa shape index (κ3) is 4.35. The minimum absolute atomic E-state index is 0.562. The standard InChI is InChI=1S/C14H27N5/c1-7-12-17-13(15-5)11(4)14(18-12)16-8-9-19(6)10(2)3/h10H,7-9H2,1-6H3,(H2,15,16,17,18). The summed E-state index contributed by atoms with van der Waals surface area (Å²) < 4.78 is 0. The number of likely N-dealkylation sites (N-methyl/N-ethyl adjacent to an activating group) is 1. The first-order chi connectivity index (χ1) is 8.99. The van der Waals surface area contributed by atoms with Crippen molar-refractivity contribution in [1.82, 2.24) is 14.9 Å². The maximum Gasteiger partial charge on any atom is 0.134 e. The van der Waals surface area contributed by atoms with E-state index in [0.717, 1.165) is 42.5 Å². The number of nitrogens with zero attached hydrogens (tertiary/aromatic N) is 3. The zero-order chi connectivity index (χ0) is 14.4. The van der Waals surface area contributed by atoms with Gasteiger partial charge in [-0.3, -0.25) is 0 Å². The van der Waals surface area contributed by atoms with Crippen LogP contribution >= 0.6 is 0 Å². The second kappa shape index (κ2) is 7.28. The Labute approximate surface area is 116 Å². The van der Waals surface area contributed by atoms with Crippen molar-refractivity contribution in [2.75, 3.05) is 37.8 Å². The van der Waals surface area contributed by atoms with Gasteiger partial charge < -0.3 is 15.5 Å². The fourth-order valence-corrected chi connectivity index (χ4v) is 1.75. The molecule has 0 aromatic carbocycles. The van der Waals surface area contributed by atoms with Crippen molar-refractivity contribution in [3.63, 3.8) is 0 Å². The van der Waals surface area contributed by atoms with Gasteiger partial charge in [0.05, 0.1) is 0 Å². The van der Waals surface area contributed by atoms with E-state index < -0.39 is 0 Å². The lowest BCUT2D eigenvalue weighted by molar-refractivity contribution is 0.284. The summed E-state index contributed by atoms with van der Waals surface area (Å²) in [6.07, 6.45) is 0.843. The molecule has 0 amide bonds. The lowest BCUT2D eigenvalue weighted by Gasteiger charge is -2.21. The van der Waals surface area contributed by atoms with Crippen molar-refractivity contribution in [2.24, 2.45) is 0 Å². The molecule has 1 heterocycles. The molecule has 1 rings (SSSR count). The Hall–Kier alpha value is -1.36. The van der Waals surface area contributed by atoms with Crippen LogP contribution in [0.3, 0.4) is 0 Å². The van der Waals surface area contributed by atoms with Gasteiger partial charge in [-0.2, -0.15) is 0 Å². The molecule has 0 aliphatic rings. The van der Waals surface area contributed by atoms with Crippen molar-refractivity contribution in [1.29, 1.82) is 0 Å². The van der Waals surface area contributed by atoms with Crippen molar-refractivity contribution in [3.8, 4) is 0 Å². The largest absolute Gasteiger partial charge is 0.373 e. The lowest BCUT2D eigenvalue weighted by Crippen LogP contribution is -2.31. The van der Waals surface area contributed by atoms with Crippen LogP contribution in [0, 0.1) is 6.92 Å². The van der Waals surface area contributed by atoms with Crippen LogP contribution in [0.4, 0.5) is 11.6 Å². The molecular weight excluding hydrogens is 238 g/mol. The van der Waals surface area contributed by atoms with Crippen LogP contribution in [0.2, 0.25) is 0 Å². The van der Waals surface area contributed by atoms with Gasteiger partial charge in [0.25, 0.3) is 0 Å². The van der Waals surface area contributed by atoms with Gasteiger partial charge in [-0.15, -0.1) is 0 Å². The smallest absolute Gasteiger partial charge is 0.134 e. The predicted octanol–water partition coefficient (Wildman–Crippen LogP) is 2.14. The zero-order valence-corrected chi connectivity index (χ0v) is 13.0. The van der Waals surface area contributed by atoms with Crippen molar-refractivity contribution < 1.29 is 0 Å². The van der Waals surface area contributed by atoms with Crippen LogP contribution in [0.1, 0.15) is 32.2 Å². The van der Waals surface area contributed by atoms with E-state index in [0.29, 0.717) is 6.04 Å². The minimum atomic E-state index is 0.562. The molecule has 0 atom stereocenters. The van der Waals surface area contributed by atoms with Gasteiger partial charge >= 0.3 is 0 Å². The first kappa shape index (κ1) is 15.7. The van der Waals surface area contributed by atoms with Gasteiger partial charge in [-0.1, -0.05) is 6.92 Å². The first-order valence-corrected chi connectivity index (χ1v) is 6.98. The highest BCUT2D eigenvalue weighted by Crippen LogP contribution is 2.19. The quantitative estimate of drug-likeness (QED) is 0.791. The molecule has 108 valence electrons. The molecule has 0 saturated heterocycles. The number of rotatable bonds is 7. The van der Waals surface area contributed by atoms with Gasteiger partial charge in [0.15, 0.2) is 0 Å². The number of nitrogens with one attached hydrogen (secondary N) is 2. The summed E-state index contributed by atoms with van der Waals surface area (Å²) in [5.74, 6) is 2.72. The molecule has 5 nitrogen and oxygen atoms in total. The third-order valence-electron chi connectivity index (χ3n) is 3.38. The second-order valence-electron chi connectivity index (χ2n) is 5.07. The van der Waals surface area contributed by atoms with Gasteiger partial charge in [0, 0.05) is 38.2 Å². The van der Waals surface area contributed by atoms with Crippen LogP contribution in [-0.4, -0.2) is 48.1 Å². The van der Waals surface area contributed by atoms with E-state index in [1.54, 1.807) is 0 Å². The van der Waals surface area contributed by atoms with Crippen LogP contribution in [-0.2, 0) is 6.42 Å². The Morgan fingerprint density at radius 3 is 2.37 bits per heavy atom. The van der Waals surface area contributed by atoms with Gasteiger partial charge in [-0.05, 0) is 27.8 Å². The summed E-state index contributed by atoms with van der Waals surface area (Å²) in [4.78, 5) is 11.3. The number of hydrogen-bond acceptors (Lipinski definition) is 5. The van der Waals surface area contributed by atoms with E-state index in [-0.39, 0.29) is 0 Å². The minimum Gasteiger partial charge on any atom is -0.373 e. The van der Waals surface area contributed by atoms with Crippen LogP contribution in [0.25, 0.3) is 0 Å². The topological polar surface area (TPSA) is 53.1 Å². The van der Waals surface area contributed by atoms with Crippen LogP contribution in [0.5, 0.6) is 0 Å². The van der Waals surface area contributed by atoms with Gasteiger partial charge in [-0.25, -0.2) is 9.97 Å². The molecule has 5 heteroatoms. The maximum atomic E-state index is 4.56. The van der Waals surface area contributed by atoms with E-state index in [2.05, 4.69) is 53.3 Å². The molecule has 19 heavy (non-hydrogen) atoms. The highest BCUT2D eigenvalue weighted by atomic mass is 15.1. The number of aromatic nitrogens is 2. The summed E-state index contributed by atoms with van der Waals surface area (Å²) in [5.41, 5.74) is 1.08. The summed E-state index contributed by atoms with van der Waals surface area (Å²) in [7, 11) is 4.03. The zero-order valence-electron chi connectivity index (χ0n) is 13.0. The Balaban J connectivity index is 2.72. The molecule has 0 aliphatic heterocycles. The van der Waals surface area contributed by atoms with E-state index in [4.69, 9.17) is 0 Å². The Morgan fingerprint density at radius 2 is 1.84 bits per heavy atom. The molecule has 0 fully saturated rings. The van der Waals surface area contributed by atoms with Crippen molar-refractivity contribution in [2.45, 2.75) is 40.2 Å². The summed E-state index contributed by atoms with van der Waals surface area (Å²) in [5, 5.41) is 6.54. The highest BCUT2D eigenvalue weighted by molar-refractivity contribution is 5.56. The average Bonchev–Trinajstić information content (AvgIpc) is 2.40. The molecule has 1 aromatic heterocycles. The number of hydrogen-bond donors (Lipinski definition) is 2. The molecule has 0 unspecified atom stereocenters. The van der Waals surface area contributed by atoms with Crippen molar-refractivity contribution in [3.05, 3.63) is 11.4 Å². The monoisotopic (exact) mass is 265 g/mol. The van der Waals surface area contributed by atoms with E-state index in [9.17, 15) is 0 Å².